The van der Waals surface area contributed by atoms with Crippen molar-refractivity contribution in [1.29, 1.82) is 0 Å². The number of hydrogen-bond acceptors (Lipinski definition) is 1. The highest BCUT2D eigenvalue weighted by Crippen LogP contribution is 2.10. The zero-order valence-electron chi connectivity index (χ0n) is 9.72. The molecule has 0 saturated carbocycles. The largest absolute Gasteiger partial charge is 1.00 e. The van der Waals surface area contributed by atoms with Gasteiger partial charge in [0.2, 0.25) is 0 Å². The van der Waals surface area contributed by atoms with E-state index in [2.05, 4.69) is 32.3 Å². The summed E-state index contributed by atoms with van der Waals surface area (Å²) in [6.07, 6.45) is 3.62. The van der Waals surface area contributed by atoms with Gasteiger partial charge in [-0.25, -0.2) is 0 Å². The van der Waals surface area contributed by atoms with Gasteiger partial charge in [-0.15, -0.1) is 0 Å². The summed E-state index contributed by atoms with van der Waals surface area (Å²) in [7, 11) is 0. The highest BCUT2D eigenvalue weighted by atomic mass is 79.9. The summed E-state index contributed by atoms with van der Waals surface area (Å²) >= 11 is 0. The first-order valence-electron chi connectivity index (χ1n) is 5.40. The van der Waals surface area contributed by atoms with Crippen LogP contribution in [0.15, 0.2) is 0 Å². The Morgan fingerprint density at radius 1 is 1.07 bits per heavy atom. The first kappa shape index (κ1) is 13.9. The molecule has 84 valence electrons. The van der Waals surface area contributed by atoms with E-state index in [0.717, 1.165) is 13.0 Å². The van der Waals surface area contributed by atoms with Crippen molar-refractivity contribution in [3.05, 3.63) is 0 Å². The van der Waals surface area contributed by atoms with Gasteiger partial charge in [0.15, 0.2) is 12.1 Å². The summed E-state index contributed by atoms with van der Waals surface area (Å²) in [4.78, 5) is 0. The molecule has 0 atom stereocenters. The molecule has 0 radical (unpaired) electrons. The number of ether oxygens (including phenoxy) is 1. The van der Waals surface area contributed by atoms with Crippen LogP contribution in [0.2, 0.25) is 0 Å². The molecule has 3 heteroatoms. The molecular formula is C11H22BrNO. The van der Waals surface area contributed by atoms with E-state index in [-0.39, 0.29) is 17.0 Å². The summed E-state index contributed by atoms with van der Waals surface area (Å²) in [6, 6.07) is 1.10. The maximum absolute atomic E-state index is 5.71. The normalized spacial score (nSPS) is 16.6. The maximum Gasteiger partial charge on any atom is 0.336 e. The van der Waals surface area contributed by atoms with E-state index in [0.29, 0.717) is 12.1 Å². The molecule has 0 aromatic carbocycles. The van der Waals surface area contributed by atoms with Crippen LogP contribution in [0.5, 0.6) is 0 Å². The van der Waals surface area contributed by atoms with Crippen LogP contribution in [-0.4, -0.2) is 29.2 Å². The molecule has 14 heavy (non-hydrogen) atoms. The van der Waals surface area contributed by atoms with Gasteiger partial charge in [-0.1, -0.05) is 0 Å². The standard InChI is InChI=1S/C11H22NO.BrH/c1-9(2)12(10(3)4)11-7-5-6-8-13-11;/h9-10H,5-8H2,1-4H3;1H/q+1;/p-1. The van der Waals surface area contributed by atoms with Crippen LogP contribution in [0.1, 0.15) is 47.0 Å². The Morgan fingerprint density at radius 2 is 1.64 bits per heavy atom. The number of nitrogens with zero attached hydrogens (tertiary/aromatic N) is 1. The van der Waals surface area contributed by atoms with Gasteiger partial charge in [0.25, 0.3) is 0 Å². The molecule has 1 aliphatic rings. The smallest absolute Gasteiger partial charge is 0.336 e. The highest BCUT2D eigenvalue weighted by molar-refractivity contribution is 5.71. The Kier molecular flexibility index (Phi) is 6.41. The fourth-order valence-corrected chi connectivity index (χ4v) is 2.02. The minimum absolute atomic E-state index is 0. The predicted molar refractivity (Wildman–Crippen MR) is 55.3 cm³/mol. The van der Waals surface area contributed by atoms with Crippen LogP contribution in [-0.2, 0) is 4.74 Å². The highest BCUT2D eigenvalue weighted by Gasteiger charge is 2.24. The second-order valence-electron chi connectivity index (χ2n) is 4.29. The minimum Gasteiger partial charge on any atom is -1.00 e. The van der Waals surface area contributed by atoms with Gasteiger partial charge < -0.3 is 21.7 Å². The third kappa shape index (κ3) is 3.60. The Bertz CT molecular complexity index is 181. The van der Waals surface area contributed by atoms with Crippen molar-refractivity contribution in [2.75, 3.05) is 6.61 Å². The van der Waals surface area contributed by atoms with Crippen LogP contribution in [0, 0.1) is 0 Å². The molecule has 2 nitrogen and oxygen atoms in total. The molecule has 1 heterocycles. The maximum atomic E-state index is 5.71. The molecule has 1 saturated heterocycles. The summed E-state index contributed by atoms with van der Waals surface area (Å²) in [5.41, 5.74) is 0. The minimum atomic E-state index is 0. The third-order valence-electron chi connectivity index (χ3n) is 2.45. The number of hydrogen-bond donors (Lipinski definition) is 0. The number of rotatable bonds is 2. The predicted octanol–water partition coefficient (Wildman–Crippen LogP) is -0.581. The Labute approximate surface area is 98.1 Å². The quantitative estimate of drug-likeness (QED) is 0.608. The molecule has 0 N–H and O–H groups in total. The van der Waals surface area contributed by atoms with Gasteiger partial charge in [0.05, 0.1) is 13.0 Å². The van der Waals surface area contributed by atoms with Crippen molar-refractivity contribution < 1.29 is 26.3 Å². The zero-order chi connectivity index (χ0) is 9.84. The van der Waals surface area contributed by atoms with E-state index >= 15 is 0 Å². The van der Waals surface area contributed by atoms with Gasteiger partial charge in [-0.2, -0.15) is 4.58 Å². The lowest BCUT2D eigenvalue weighted by atomic mass is 10.2. The van der Waals surface area contributed by atoms with Crippen LogP contribution in [0.4, 0.5) is 0 Å². The van der Waals surface area contributed by atoms with Gasteiger partial charge in [-0.05, 0) is 40.5 Å². The third-order valence-corrected chi connectivity index (χ3v) is 2.45. The van der Waals surface area contributed by atoms with Crippen molar-refractivity contribution in [3.63, 3.8) is 0 Å². The van der Waals surface area contributed by atoms with Crippen LogP contribution >= 0.6 is 0 Å². The van der Waals surface area contributed by atoms with E-state index in [4.69, 9.17) is 4.74 Å². The lowest BCUT2D eigenvalue weighted by molar-refractivity contribution is -0.596. The second kappa shape index (κ2) is 6.44. The first-order valence-corrected chi connectivity index (χ1v) is 5.40. The summed E-state index contributed by atoms with van der Waals surface area (Å²) in [5.74, 6) is 1.20. The fraction of sp³-hybridized carbons (Fsp3) is 0.909. The molecule has 1 aliphatic heterocycles. The zero-order valence-corrected chi connectivity index (χ0v) is 11.3. The van der Waals surface area contributed by atoms with Crippen molar-refractivity contribution in [3.8, 4) is 0 Å². The van der Waals surface area contributed by atoms with E-state index in [9.17, 15) is 0 Å². The lowest BCUT2D eigenvalue weighted by Crippen LogP contribution is -3.00. The van der Waals surface area contributed by atoms with E-state index in [1.807, 2.05) is 0 Å². The van der Waals surface area contributed by atoms with Crippen LogP contribution in [0.3, 0.4) is 0 Å². The van der Waals surface area contributed by atoms with Gasteiger partial charge in [0.1, 0.15) is 0 Å². The molecule has 0 bridgehead atoms. The molecule has 1 rings (SSSR count). The number of halogens is 1. The van der Waals surface area contributed by atoms with E-state index < -0.39 is 0 Å². The van der Waals surface area contributed by atoms with E-state index in [1.165, 1.54) is 18.7 Å². The van der Waals surface area contributed by atoms with Crippen molar-refractivity contribution in [2.45, 2.75) is 59.0 Å². The van der Waals surface area contributed by atoms with Crippen molar-refractivity contribution >= 4 is 5.90 Å². The Hall–Kier alpha value is -0.0500. The van der Waals surface area contributed by atoms with Gasteiger partial charge in [-0.3, -0.25) is 0 Å². The fourth-order valence-electron chi connectivity index (χ4n) is 2.02. The topological polar surface area (TPSA) is 12.2 Å². The summed E-state index contributed by atoms with van der Waals surface area (Å²) < 4.78 is 8.09. The summed E-state index contributed by atoms with van der Waals surface area (Å²) in [6.45, 7) is 9.82. The van der Waals surface area contributed by atoms with Gasteiger partial charge >= 0.3 is 5.90 Å². The molecular weight excluding hydrogens is 242 g/mol. The molecule has 0 amide bonds. The average Bonchev–Trinajstić information content (AvgIpc) is 2.04. The Morgan fingerprint density at radius 3 is 2.00 bits per heavy atom. The Balaban J connectivity index is 0.00000169. The molecule has 0 spiro atoms. The molecule has 1 fully saturated rings. The SMILES string of the molecule is CC(C)[N+](=C1CCCCO1)C(C)C.[Br-]. The van der Waals surface area contributed by atoms with Crippen molar-refractivity contribution in [2.24, 2.45) is 0 Å². The first-order chi connectivity index (χ1) is 6.13. The lowest BCUT2D eigenvalue weighted by Gasteiger charge is -2.19. The molecule has 0 aromatic rings. The van der Waals surface area contributed by atoms with E-state index in [1.54, 1.807) is 0 Å². The van der Waals surface area contributed by atoms with Gasteiger partial charge in [0, 0.05) is 0 Å². The van der Waals surface area contributed by atoms with Crippen LogP contribution < -0.4 is 17.0 Å². The molecule has 0 aliphatic carbocycles. The van der Waals surface area contributed by atoms with Crippen molar-refractivity contribution in [1.82, 2.24) is 0 Å². The molecule has 0 aromatic heterocycles. The monoisotopic (exact) mass is 263 g/mol. The average molecular weight is 264 g/mol. The second-order valence-corrected chi connectivity index (χ2v) is 4.29. The van der Waals surface area contributed by atoms with Crippen LogP contribution in [0.25, 0.3) is 0 Å². The summed E-state index contributed by atoms with van der Waals surface area (Å²) in [5, 5.41) is 0. The molecule has 0 unspecified atom stereocenters.